The fourth-order valence-electron chi connectivity index (χ4n) is 4.08. The van der Waals surface area contributed by atoms with Gasteiger partial charge in [0.15, 0.2) is 0 Å². The second-order valence-corrected chi connectivity index (χ2v) is 7.43. The van der Waals surface area contributed by atoms with Crippen molar-refractivity contribution in [3.63, 3.8) is 0 Å². The van der Waals surface area contributed by atoms with Crippen molar-refractivity contribution in [3.05, 3.63) is 0 Å². The molecule has 0 heterocycles. The van der Waals surface area contributed by atoms with E-state index in [0.29, 0.717) is 18.3 Å². The van der Waals surface area contributed by atoms with Crippen LogP contribution in [0.25, 0.3) is 0 Å². The van der Waals surface area contributed by atoms with Crippen LogP contribution in [-0.2, 0) is 4.79 Å². The van der Waals surface area contributed by atoms with Crippen molar-refractivity contribution in [3.8, 4) is 0 Å². The molecule has 0 atom stereocenters. The zero-order chi connectivity index (χ0) is 15.3. The second-order valence-electron chi connectivity index (χ2n) is 7.43. The summed E-state index contributed by atoms with van der Waals surface area (Å²) in [7, 11) is 4.29. The van der Waals surface area contributed by atoms with Gasteiger partial charge in [0.1, 0.15) is 0 Å². The van der Waals surface area contributed by atoms with E-state index < -0.39 is 0 Å². The number of nitrogens with one attached hydrogen (secondary N) is 1. The summed E-state index contributed by atoms with van der Waals surface area (Å²) in [6.07, 6.45) is 10.5. The van der Waals surface area contributed by atoms with Crippen molar-refractivity contribution >= 4 is 5.91 Å². The van der Waals surface area contributed by atoms with Crippen LogP contribution in [0, 0.1) is 11.8 Å². The molecule has 0 aromatic rings. The zero-order valence-corrected chi connectivity index (χ0v) is 13.9. The lowest BCUT2D eigenvalue weighted by Gasteiger charge is -2.36. The minimum absolute atomic E-state index is 0.201. The molecular formula is C17H33N3O. The van der Waals surface area contributed by atoms with Crippen LogP contribution < -0.4 is 11.1 Å². The van der Waals surface area contributed by atoms with Crippen LogP contribution in [0.5, 0.6) is 0 Å². The molecule has 0 aromatic carbocycles. The third-order valence-corrected chi connectivity index (χ3v) is 5.87. The Kier molecular flexibility index (Phi) is 6.06. The van der Waals surface area contributed by atoms with E-state index in [1.165, 1.54) is 51.4 Å². The molecule has 2 fully saturated rings. The first-order valence-electron chi connectivity index (χ1n) is 8.70. The minimum Gasteiger partial charge on any atom is -0.354 e. The van der Waals surface area contributed by atoms with Gasteiger partial charge in [-0.2, -0.15) is 0 Å². The minimum atomic E-state index is 0.201. The van der Waals surface area contributed by atoms with E-state index >= 15 is 0 Å². The molecule has 4 heteroatoms. The highest BCUT2D eigenvalue weighted by Crippen LogP contribution is 2.33. The summed E-state index contributed by atoms with van der Waals surface area (Å²) in [6.45, 7) is 1.63. The van der Waals surface area contributed by atoms with Crippen molar-refractivity contribution in [2.45, 2.75) is 63.3 Å². The Morgan fingerprint density at radius 2 is 1.71 bits per heavy atom. The summed E-state index contributed by atoms with van der Waals surface area (Å²) in [6, 6.07) is 0. The smallest absolute Gasteiger partial charge is 0.220 e. The third kappa shape index (κ3) is 4.43. The van der Waals surface area contributed by atoms with Gasteiger partial charge in [0.2, 0.25) is 5.91 Å². The number of likely N-dealkylation sites (N-methyl/N-ethyl adjacent to an activating group) is 1. The molecule has 2 rings (SSSR count). The SMILES string of the molecule is CN(C)C1(CNC(=O)CC2CCC(CN)CC2)CCCC1. The van der Waals surface area contributed by atoms with Gasteiger partial charge >= 0.3 is 0 Å². The Hall–Kier alpha value is -0.610. The molecule has 21 heavy (non-hydrogen) atoms. The van der Waals surface area contributed by atoms with Crippen molar-refractivity contribution < 1.29 is 4.79 Å². The maximum atomic E-state index is 12.2. The van der Waals surface area contributed by atoms with Crippen LogP contribution in [0.4, 0.5) is 0 Å². The third-order valence-electron chi connectivity index (χ3n) is 5.87. The number of amides is 1. The number of hydrogen-bond donors (Lipinski definition) is 2. The highest BCUT2D eigenvalue weighted by atomic mass is 16.1. The van der Waals surface area contributed by atoms with Crippen molar-refractivity contribution in [2.24, 2.45) is 17.6 Å². The lowest BCUT2D eigenvalue weighted by molar-refractivity contribution is -0.122. The summed E-state index contributed by atoms with van der Waals surface area (Å²) >= 11 is 0. The molecular weight excluding hydrogens is 262 g/mol. The Balaban J connectivity index is 1.72. The maximum absolute atomic E-state index is 12.2. The van der Waals surface area contributed by atoms with E-state index in [2.05, 4.69) is 24.3 Å². The highest BCUT2D eigenvalue weighted by Gasteiger charge is 2.36. The van der Waals surface area contributed by atoms with E-state index in [1.807, 2.05) is 0 Å². The summed E-state index contributed by atoms with van der Waals surface area (Å²) in [5.41, 5.74) is 5.93. The van der Waals surface area contributed by atoms with Gasteiger partial charge in [0.05, 0.1) is 0 Å². The number of hydrogen-bond acceptors (Lipinski definition) is 3. The Labute approximate surface area is 129 Å². The van der Waals surface area contributed by atoms with Crippen molar-refractivity contribution in [2.75, 3.05) is 27.2 Å². The van der Waals surface area contributed by atoms with Crippen molar-refractivity contribution in [1.82, 2.24) is 10.2 Å². The number of nitrogens with zero attached hydrogens (tertiary/aromatic N) is 1. The molecule has 2 aliphatic rings. The normalized spacial score (nSPS) is 28.8. The number of carbonyl (C=O) groups is 1. The molecule has 122 valence electrons. The van der Waals surface area contributed by atoms with Crippen LogP contribution in [0.3, 0.4) is 0 Å². The fourth-order valence-corrected chi connectivity index (χ4v) is 4.08. The summed E-state index contributed by atoms with van der Waals surface area (Å²) in [5, 5.41) is 3.21. The molecule has 0 saturated heterocycles. The van der Waals surface area contributed by atoms with E-state index in [-0.39, 0.29) is 11.4 Å². The molecule has 3 N–H and O–H groups in total. The monoisotopic (exact) mass is 295 g/mol. The van der Waals surface area contributed by atoms with E-state index in [1.54, 1.807) is 0 Å². The van der Waals surface area contributed by atoms with Gasteiger partial charge in [-0.15, -0.1) is 0 Å². The average Bonchev–Trinajstić information content (AvgIpc) is 2.96. The first-order chi connectivity index (χ1) is 10.1. The molecule has 2 aliphatic carbocycles. The van der Waals surface area contributed by atoms with E-state index in [9.17, 15) is 4.79 Å². The molecule has 1 amide bonds. The Bertz CT molecular complexity index is 329. The molecule has 0 unspecified atom stereocenters. The zero-order valence-electron chi connectivity index (χ0n) is 13.9. The molecule has 0 bridgehead atoms. The average molecular weight is 295 g/mol. The van der Waals surface area contributed by atoms with Crippen LogP contribution in [0.15, 0.2) is 0 Å². The van der Waals surface area contributed by atoms with E-state index in [4.69, 9.17) is 5.73 Å². The second kappa shape index (κ2) is 7.59. The molecule has 0 radical (unpaired) electrons. The first kappa shape index (κ1) is 16.8. The van der Waals surface area contributed by atoms with Crippen molar-refractivity contribution in [1.29, 1.82) is 0 Å². The first-order valence-corrected chi connectivity index (χ1v) is 8.70. The van der Waals surface area contributed by atoms with Gasteiger partial charge in [0, 0.05) is 18.5 Å². The van der Waals surface area contributed by atoms with Gasteiger partial charge < -0.3 is 16.0 Å². The van der Waals surface area contributed by atoms with Gasteiger partial charge in [-0.05, 0) is 71.0 Å². The molecule has 4 nitrogen and oxygen atoms in total. The lowest BCUT2D eigenvalue weighted by Crippen LogP contribution is -2.51. The molecule has 0 aliphatic heterocycles. The lowest BCUT2D eigenvalue weighted by atomic mass is 9.80. The quantitative estimate of drug-likeness (QED) is 0.789. The van der Waals surface area contributed by atoms with Crippen LogP contribution in [-0.4, -0.2) is 43.5 Å². The van der Waals surface area contributed by atoms with Crippen LogP contribution in [0.2, 0.25) is 0 Å². The molecule has 2 saturated carbocycles. The topological polar surface area (TPSA) is 58.4 Å². The summed E-state index contributed by atoms with van der Waals surface area (Å²) in [4.78, 5) is 14.5. The fraction of sp³-hybridized carbons (Fsp3) is 0.941. The van der Waals surface area contributed by atoms with Gasteiger partial charge in [0.25, 0.3) is 0 Å². The maximum Gasteiger partial charge on any atom is 0.220 e. The number of rotatable bonds is 6. The van der Waals surface area contributed by atoms with Gasteiger partial charge in [-0.1, -0.05) is 12.8 Å². The predicted molar refractivity (Wildman–Crippen MR) is 87.0 cm³/mol. The molecule has 0 aromatic heterocycles. The van der Waals surface area contributed by atoms with Gasteiger partial charge in [-0.25, -0.2) is 0 Å². The predicted octanol–water partition coefficient (Wildman–Crippen LogP) is 2.13. The van der Waals surface area contributed by atoms with Gasteiger partial charge in [-0.3, -0.25) is 4.79 Å². The Morgan fingerprint density at radius 1 is 1.14 bits per heavy atom. The largest absolute Gasteiger partial charge is 0.354 e. The molecule has 0 spiro atoms. The Morgan fingerprint density at radius 3 is 2.24 bits per heavy atom. The number of nitrogens with two attached hydrogens (primary N) is 1. The van der Waals surface area contributed by atoms with E-state index in [0.717, 1.165) is 13.1 Å². The van der Waals surface area contributed by atoms with Crippen LogP contribution >= 0.6 is 0 Å². The standard InChI is InChI=1S/C17H33N3O/c1-20(2)17(9-3-4-10-17)13-19-16(21)11-14-5-7-15(12-18)8-6-14/h14-15H,3-13,18H2,1-2H3,(H,19,21). The summed E-state index contributed by atoms with van der Waals surface area (Å²) < 4.78 is 0. The highest BCUT2D eigenvalue weighted by molar-refractivity contribution is 5.76. The number of carbonyl (C=O) groups excluding carboxylic acids is 1. The van der Waals surface area contributed by atoms with Crippen LogP contribution in [0.1, 0.15) is 57.8 Å². The summed E-state index contributed by atoms with van der Waals surface area (Å²) in [5.74, 6) is 1.52.